The van der Waals surface area contributed by atoms with Gasteiger partial charge in [-0.25, -0.2) is 4.39 Å². The molecule has 0 aliphatic carbocycles. The number of carbonyl (C=O) groups excluding carboxylic acids is 1. The summed E-state index contributed by atoms with van der Waals surface area (Å²) in [5, 5.41) is 3.24. The van der Waals surface area contributed by atoms with Crippen molar-refractivity contribution in [2.45, 2.75) is 0 Å². The van der Waals surface area contributed by atoms with Crippen LogP contribution in [-0.2, 0) is 4.79 Å². The van der Waals surface area contributed by atoms with E-state index in [1.54, 1.807) is 7.11 Å². The van der Waals surface area contributed by atoms with E-state index in [1.807, 2.05) is 29.2 Å². The molecule has 0 radical (unpaired) electrons. The van der Waals surface area contributed by atoms with Gasteiger partial charge >= 0.3 is 0 Å². The summed E-state index contributed by atoms with van der Waals surface area (Å²) in [7, 11) is 1.65. The lowest BCUT2D eigenvalue weighted by Crippen LogP contribution is -2.50. The number of piperazine rings is 1. The second-order valence-electron chi connectivity index (χ2n) is 6.04. The molecule has 2 aromatic carbocycles. The van der Waals surface area contributed by atoms with Gasteiger partial charge in [-0.15, -0.1) is 0 Å². The minimum Gasteiger partial charge on any atom is -0.497 e. The molecule has 1 aliphatic heterocycles. The zero-order valence-corrected chi connectivity index (χ0v) is 15.3. The first-order chi connectivity index (χ1) is 12.6. The lowest BCUT2D eigenvalue weighted by molar-refractivity contribution is -0.129. The van der Waals surface area contributed by atoms with Crippen molar-refractivity contribution in [2.24, 2.45) is 0 Å². The van der Waals surface area contributed by atoms with Crippen LogP contribution >= 0.6 is 11.6 Å². The summed E-state index contributed by atoms with van der Waals surface area (Å²) < 4.78 is 18.2. The molecule has 1 aliphatic rings. The standard InChI is InChI=1S/C19H21ClFN3O2/c1-26-16-5-3-15(4-6-16)23-8-10-24(11-9-23)19(25)13-22-18-7-2-14(21)12-17(18)20/h2-7,12,22H,8-11,13H2,1H3. The molecule has 1 N–H and O–H groups in total. The van der Waals surface area contributed by atoms with E-state index in [0.717, 1.165) is 24.5 Å². The van der Waals surface area contributed by atoms with Crippen LogP contribution in [0.5, 0.6) is 5.75 Å². The zero-order valence-electron chi connectivity index (χ0n) is 14.5. The Balaban J connectivity index is 1.50. The van der Waals surface area contributed by atoms with Crippen LogP contribution in [0.2, 0.25) is 5.02 Å². The maximum atomic E-state index is 13.1. The molecule has 1 fully saturated rings. The highest BCUT2D eigenvalue weighted by molar-refractivity contribution is 6.33. The highest BCUT2D eigenvalue weighted by Crippen LogP contribution is 2.23. The van der Waals surface area contributed by atoms with Crippen molar-refractivity contribution < 1.29 is 13.9 Å². The minimum absolute atomic E-state index is 0.000211. The van der Waals surface area contributed by atoms with Gasteiger partial charge in [-0.2, -0.15) is 0 Å². The molecule has 1 saturated heterocycles. The molecule has 26 heavy (non-hydrogen) atoms. The molecule has 1 amide bonds. The first-order valence-corrected chi connectivity index (χ1v) is 8.80. The second kappa shape index (κ2) is 8.27. The molecular weight excluding hydrogens is 357 g/mol. The fourth-order valence-corrected chi connectivity index (χ4v) is 3.16. The number of halogens is 2. The zero-order chi connectivity index (χ0) is 18.5. The number of rotatable bonds is 5. The Morgan fingerprint density at radius 3 is 2.46 bits per heavy atom. The van der Waals surface area contributed by atoms with Gasteiger partial charge in [0.05, 0.1) is 24.4 Å². The first kappa shape index (κ1) is 18.3. The monoisotopic (exact) mass is 377 g/mol. The van der Waals surface area contributed by atoms with Crippen LogP contribution in [0.25, 0.3) is 0 Å². The largest absolute Gasteiger partial charge is 0.497 e. The molecular formula is C19H21ClFN3O2. The molecule has 7 heteroatoms. The Morgan fingerprint density at radius 1 is 1.15 bits per heavy atom. The van der Waals surface area contributed by atoms with Gasteiger partial charge in [0.15, 0.2) is 0 Å². The van der Waals surface area contributed by atoms with Gasteiger partial charge in [-0.3, -0.25) is 4.79 Å². The Kier molecular flexibility index (Phi) is 5.83. The summed E-state index contributed by atoms with van der Waals surface area (Å²) in [4.78, 5) is 16.5. The average molecular weight is 378 g/mol. The van der Waals surface area contributed by atoms with E-state index in [9.17, 15) is 9.18 Å². The number of hydrogen-bond donors (Lipinski definition) is 1. The molecule has 0 atom stereocenters. The lowest BCUT2D eigenvalue weighted by Gasteiger charge is -2.36. The van der Waals surface area contributed by atoms with E-state index in [-0.39, 0.29) is 17.5 Å². The van der Waals surface area contributed by atoms with Crippen LogP contribution < -0.4 is 15.0 Å². The topological polar surface area (TPSA) is 44.8 Å². The molecule has 0 bridgehead atoms. The van der Waals surface area contributed by atoms with E-state index in [2.05, 4.69) is 10.2 Å². The highest BCUT2D eigenvalue weighted by Gasteiger charge is 2.21. The third-order valence-electron chi connectivity index (χ3n) is 4.43. The number of ether oxygens (including phenoxy) is 1. The fourth-order valence-electron chi connectivity index (χ4n) is 2.92. The maximum Gasteiger partial charge on any atom is 0.241 e. The van der Waals surface area contributed by atoms with Crippen molar-refractivity contribution in [3.8, 4) is 5.75 Å². The molecule has 138 valence electrons. The van der Waals surface area contributed by atoms with Crippen molar-refractivity contribution in [1.82, 2.24) is 4.90 Å². The van der Waals surface area contributed by atoms with Crippen LogP contribution in [-0.4, -0.2) is 50.6 Å². The first-order valence-electron chi connectivity index (χ1n) is 8.42. The lowest BCUT2D eigenvalue weighted by atomic mass is 10.2. The molecule has 3 rings (SSSR count). The van der Waals surface area contributed by atoms with Gasteiger partial charge in [0.2, 0.25) is 5.91 Å². The van der Waals surface area contributed by atoms with Gasteiger partial charge in [0, 0.05) is 31.9 Å². The van der Waals surface area contributed by atoms with E-state index in [0.29, 0.717) is 18.8 Å². The summed E-state index contributed by atoms with van der Waals surface area (Å²) in [5.74, 6) is 0.425. The van der Waals surface area contributed by atoms with E-state index < -0.39 is 5.82 Å². The Bertz CT molecular complexity index is 762. The third kappa shape index (κ3) is 4.38. The minimum atomic E-state index is -0.401. The molecule has 0 saturated carbocycles. The SMILES string of the molecule is COc1ccc(N2CCN(C(=O)CNc3ccc(F)cc3Cl)CC2)cc1. The summed E-state index contributed by atoms with van der Waals surface area (Å²) in [6, 6.07) is 12.0. The fraction of sp³-hybridized carbons (Fsp3) is 0.316. The average Bonchev–Trinajstić information content (AvgIpc) is 2.67. The van der Waals surface area contributed by atoms with Crippen LogP contribution in [0.4, 0.5) is 15.8 Å². The normalized spacial score (nSPS) is 14.3. The van der Waals surface area contributed by atoms with Crippen LogP contribution in [0, 0.1) is 5.82 Å². The van der Waals surface area contributed by atoms with Crippen molar-refractivity contribution in [3.05, 3.63) is 53.3 Å². The summed E-state index contributed by atoms with van der Waals surface area (Å²) >= 11 is 5.96. The van der Waals surface area contributed by atoms with Gasteiger partial charge in [-0.05, 0) is 42.5 Å². The van der Waals surface area contributed by atoms with Crippen LogP contribution in [0.3, 0.4) is 0 Å². The smallest absolute Gasteiger partial charge is 0.241 e. The van der Waals surface area contributed by atoms with Gasteiger partial charge in [-0.1, -0.05) is 11.6 Å². The second-order valence-corrected chi connectivity index (χ2v) is 6.45. The Morgan fingerprint density at radius 2 is 1.85 bits per heavy atom. The van der Waals surface area contributed by atoms with E-state index in [1.165, 1.54) is 18.2 Å². The third-order valence-corrected chi connectivity index (χ3v) is 4.74. The van der Waals surface area contributed by atoms with Crippen LogP contribution in [0.1, 0.15) is 0 Å². The number of nitrogens with one attached hydrogen (secondary N) is 1. The maximum absolute atomic E-state index is 13.1. The number of nitrogens with zero attached hydrogens (tertiary/aromatic N) is 2. The summed E-state index contributed by atoms with van der Waals surface area (Å²) in [5.41, 5.74) is 1.67. The Hall–Kier alpha value is -2.47. The van der Waals surface area contributed by atoms with Crippen molar-refractivity contribution in [1.29, 1.82) is 0 Å². The molecule has 1 heterocycles. The molecule has 0 aromatic heterocycles. The number of benzene rings is 2. The highest BCUT2D eigenvalue weighted by atomic mass is 35.5. The number of hydrogen-bond acceptors (Lipinski definition) is 4. The van der Waals surface area contributed by atoms with E-state index in [4.69, 9.17) is 16.3 Å². The molecule has 2 aromatic rings. The van der Waals surface area contributed by atoms with Crippen molar-refractivity contribution in [3.63, 3.8) is 0 Å². The van der Waals surface area contributed by atoms with Crippen molar-refractivity contribution >= 4 is 28.9 Å². The van der Waals surface area contributed by atoms with E-state index >= 15 is 0 Å². The molecule has 0 spiro atoms. The number of amides is 1. The van der Waals surface area contributed by atoms with Gasteiger partial charge < -0.3 is 19.9 Å². The summed E-state index contributed by atoms with van der Waals surface area (Å²) in [6.07, 6.45) is 0. The van der Waals surface area contributed by atoms with Gasteiger partial charge in [0.1, 0.15) is 11.6 Å². The molecule has 5 nitrogen and oxygen atoms in total. The van der Waals surface area contributed by atoms with Gasteiger partial charge in [0.25, 0.3) is 0 Å². The predicted octanol–water partition coefficient (Wildman–Crippen LogP) is 3.25. The number of carbonyl (C=O) groups is 1. The van der Waals surface area contributed by atoms with Crippen LogP contribution in [0.15, 0.2) is 42.5 Å². The number of anilines is 2. The van der Waals surface area contributed by atoms with Crippen molar-refractivity contribution in [2.75, 3.05) is 50.1 Å². The predicted molar refractivity (Wildman–Crippen MR) is 102 cm³/mol. The summed E-state index contributed by atoms with van der Waals surface area (Å²) in [6.45, 7) is 2.99. The molecule has 0 unspecified atom stereocenters. The number of methoxy groups -OCH3 is 1. The Labute approximate surface area is 157 Å². The quantitative estimate of drug-likeness (QED) is 0.868.